The molecule has 1 aromatic carbocycles. The molecule has 1 nitrogen and oxygen atoms in total. The molecule has 0 saturated heterocycles. The molecular weight excluding hydrogens is 307 g/mol. The number of nitrogens with zero attached hydrogens (tertiary/aromatic N) is 1. The van der Waals surface area contributed by atoms with Gasteiger partial charge in [-0.3, -0.25) is 0 Å². The first kappa shape index (κ1) is 13.1. The molecule has 0 unspecified atom stereocenters. The van der Waals surface area contributed by atoms with Crippen LogP contribution in [-0.2, 0) is 6.42 Å². The van der Waals surface area contributed by atoms with Gasteiger partial charge in [0.15, 0.2) is 11.6 Å². The Morgan fingerprint density at radius 3 is 2.50 bits per heavy atom. The Hall–Kier alpha value is -1.36. The van der Waals surface area contributed by atoms with Crippen LogP contribution in [-0.4, -0.2) is 4.98 Å². The number of rotatable bonds is 2. The van der Waals surface area contributed by atoms with Crippen molar-refractivity contribution in [1.82, 2.24) is 4.98 Å². The predicted molar refractivity (Wildman–Crippen MR) is 65.8 cm³/mol. The fraction of sp³-hybridized carbons (Fsp3) is 0.154. The molecule has 2 rings (SSSR count). The molecule has 0 aliphatic carbocycles. The number of hydrogen-bond donors (Lipinski definition) is 0. The van der Waals surface area contributed by atoms with Gasteiger partial charge in [0.2, 0.25) is 0 Å². The zero-order valence-corrected chi connectivity index (χ0v) is 11.1. The lowest BCUT2D eigenvalue weighted by molar-refractivity contribution is 0.482. The topological polar surface area (TPSA) is 12.9 Å². The van der Waals surface area contributed by atoms with E-state index in [-0.39, 0.29) is 12.0 Å². The molecule has 94 valence electrons. The third kappa shape index (κ3) is 2.56. The van der Waals surface area contributed by atoms with Gasteiger partial charge in [-0.1, -0.05) is 0 Å². The van der Waals surface area contributed by atoms with Crippen molar-refractivity contribution >= 4 is 15.9 Å². The molecule has 5 heteroatoms. The van der Waals surface area contributed by atoms with E-state index >= 15 is 0 Å². The van der Waals surface area contributed by atoms with Crippen LogP contribution in [0.15, 0.2) is 29.0 Å². The molecule has 0 N–H and O–H groups in total. The van der Waals surface area contributed by atoms with Gasteiger partial charge in [0, 0.05) is 18.2 Å². The summed E-state index contributed by atoms with van der Waals surface area (Å²) in [6.07, 6.45) is 1.49. The number of benzene rings is 1. The summed E-state index contributed by atoms with van der Waals surface area (Å²) in [5.74, 6) is -2.94. The maximum atomic E-state index is 13.5. The fourth-order valence-corrected chi connectivity index (χ4v) is 2.10. The van der Waals surface area contributed by atoms with Gasteiger partial charge in [0.05, 0.1) is 0 Å². The Balaban J connectivity index is 2.43. The van der Waals surface area contributed by atoms with E-state index in [1.54, 1.807) is 13.0 Å². The molecule has 0 radical (unpaired) electrons. The molecule has 0 atom stereocenters. The number of halogens is 4. The number of aromatic nitrogens is 1. The van der Waals surface area contributed by atoms with Gasteiger partial charge < -0.3 is 0 Å². The highest BCUT2D eigenvalue weighted by atomic mass is 79.9. The van der Waals surface area contributed by atoms with Crippen molar-refractivity contribution in [3.63, 3.8) is 0 Å². The first-order valence-electron chi connectivity index (χ1n) is 5.22. The average Bonchev–Trinajstić information content (AvgIpc) is 2.32. The largest absolute Gasteiger partial charge is 0.249 e. The lowest BCUT2D eigenvalue weighted by Crippen LogP contribution is -2.02. The molecule has 1 aromatic heterocycles. The highest BCUT2D eigenvalue weighted by Gasteiger charge is 2.15. The summed E-state index contributed by atoms with van der Waals surface area (Å²) in [6.45, 7) is 1.80. The third-order valence-corrected chi connectivity index (χ3v) is 3.13. The van der Waals surface area contributed by atoms with Crippen LogP contribution in [0.1, 0.15) is 16.7 Å². The lowest BCUT2D eigenvalue weighted by atomic mass is 10.0. The predicted octanol–water partition coefficient (Wildman–Crippen LogP) is 4.16. The maximum Gasteiger partial charge on any atom is 0.165 e. The zero-order chi connectivity index (χ0) is 13.3. The highest BCUT2D eigenvalue weighted by molar-refractivity contribution is 9.10. The maximum absolute atomic E-state index is 13.5. The Labute approximate surface area is 111 Å². The van der Waals surface area contributed by atoms with E-state index in [2.05, 4.69) is 20.9 Å². The van der Waals surface area contributed by atoms with Crippen molar-refractivity contribution in [2.75, 3.05) is 0 Å². The van der Waals surface area contributed by atoms with E-state index < -0.39 is 17.5 Å². The first-order valence-corrected chi connectivity index (χ1v) is 6.01. The molecular formula is C13H9BrF3N. The van der Waals surface area contributed by atoms with Crippen LogP contribution in [0, 0.1) is 24.4 Å². The van der Waals surface area contributed by atoms with Gasteiger partial charge in [-0.05, 0) is 52.2 Å². The van der Waals surface area contributed by atoms with Crippen LogP contribution < -0.4 is 0 Å². The van der Waals surface area contributed by atoms with E-state index in [9.17, 15) is 13.2 Å². The molecule has 2 aromatic rings. The molecule has 0 aliphatic heterocycles. The van der Waals surface area contributed by atoms with Crippen LogP contribution in [0.5, 0.6) is 0 Å². The Kier molecular flexibility index (Phi) is 3.71. The van der Waals surface area contributed by atoms with Gasteiger partial charge >= 0.3 is 0 Å². The van der Waals surface area contributed by atoms with Crippen LogP contribution in [0.4, 0.5) is 13.2 Å². The van der Waals surface area contributed by atoms with Crippen molar-refractivity contribution in [2.45, 2.75) is 13.3 Å². The van der Waals surface area contributed by atoms with E-state index in [1.807, 2.05) is 0 Å². The minimum absolute atomic E-state index is 0.0263. The smallest absolute Gasteiger partial charge is 0.165 e. The first-order chi connectivity index (χ1) is 8.49. The zero-order valence-electron chi connectivity index (χ0n) is 9.48. The summed E-state index contributed by atoms with van der Waals surface area (Å²) < 4.78 is 40.7. The summed E-state index contributed by atoms with van der Waals surface area (Å²) in [7, 11) is 0. The monoisotopic (exact) mass is 315 g/mol. The minimum atomic E-state index is -1.14. The molecule has 0 fully saturated rings. The van der Waals surface area contributed by atoms with Crippen molar-refractivity contribution in [3.8, 4) is 0 Å². The normalized spacial score (nSPS) is 10.7. The Morgan fingerprint density at radius 2 is 1.83 bits per heavy atom. The van der Waals surface area contributed by atoms with Crippen LogP contribution in [0.2, 0.25) is 0 Å². The van der Waals surface area contributed by atoms with Gasteiger partial charge in [-0.25, -0.2) is 18.2 Å². The average molecular weight is 316 g/mol. The fourth-order valence-electron chi connectivity index (χ4n) is 1.66. The SMILES string of the molecule is Cc1cc(Br)ncc1Cc1c(F)ccc(F)c1F. The number of aryl methyl sites for hydroxylation is 1. The summed E-state index contributed by atoms with van der Waals surface area (Å²) in [6, 6.07) is 3.45. The van der Waals surface area contributed by atoms with Crippen LogP contribution in [0.25, 0.3) is 0 Å². The van der Waals surface area contributed by atoms with E-state index in [1.165, 1.54) is 6.20 Å². The van der Waals surface area contributed by atoms with Gasteiger partial charge in [-0.2, -0.15) is 0 Å². The standard InChI is InChI=1S/C13H9BrF3N/c1-7-4-12(14)18-6-8(7)5-9-10(15)2-3-11(16)13(9)17/h2-4,6H,5H2,1H3. The second-order valence-electron chi connectivity index (χ2n) is 3.93. The number of pyridine rings is 1. The van der Waals surface area contributed by atoms with E-state index in [0.29, 0.717) is 10.2 Å². The quantitative estimate of drug-likeness (QED) is 0.599. The second kappa shape index (κ2) is 5.10. The van der Waals surface area contributed by atoms with Crippen LogP contribution in [0.3, 0.4) is 0 Å². The van der Waals surface area contributed by atoms with Crippen molar-refractivity contribution < 1.29 is 13.2 Å². The minimum Gasteiger partial charge on any atom is -0.249 e. The third-order valence-electron chi connectivity index (χ3n) is 2.69. The lowest BCUT2D eigenvalue weighted by Gasteiger charge is -2.08. The molecule has 1 heterocycles. The highest BCUT2D eigenvalue weighted by Crippen LogP contribution is 2.22. The molecule has 0 amide bonds. The summed E-state index contributed by atoms with van der Waals surface area (Å²) >= 11 is 3.20. The van der Waals surface area contributed by atoms with Gasteiger partial charge in [0.25, 0.3) is 0 Å². The van der Waals surface area contributed by atoms with Gasteiger partial charge in [-0.15, -0.1) is 0 Å². The summed E-state index contributed by atoms with van der Waals surface area (Å²) in [4.78, 5) is 4.00. The van der Waals surface area contributed by atoms with Crippen molar-refractivity contribution in [2.24, 2.45) is 0 Å². The van der Waals surface area contributed by atoms with Gasteiger partial charge in [0.1, 0.15) is 10.4 Å². The second-order valence-corrected chi connectivity index (χ2v) is 4.74. The Bertz CT molecular complexity index is 599. The Morgan fingerprint density at radius 1 is 1.17 bits per heavy atom. The molecule has 0 bridgehead atoms. The summed E-state index contributed by atoms with van der Waals surface area (Å²) in [5.41, 5.74) is 1.21. The molecule has 0 aliphatic rings. The van der Waals surface area contributed by atoms with E-state index in [0.717, 1.165) is 17.7 Å². The molecule has 0 saturated carbocycles. The summed E-state index contributed by atoms with van der Waals surface area (Å²) in [5, 5.41) is 0. The molecule has 0 spiro atoms. The number of hydrogen-bond acceptors (Lipinski definition) is 1. The molecule has 18 heavy (non-hydrogen) atoms. The van der Waals surface area contributed by atoms with Crippen molar-refractivity contribution in [1.29, 1.82) is 0 Å². The van der Waals surface area contributed by atoms with Crippen LogP contribution >= 0.6 is 15.9 Å². The van der Waals surface area contributed by atoms with E-state index in [4.69, 9.17) is 0 Å². The van der Waals surface area contributed by atoms with Crippen molar-refractivity contribution in [3.05, 3.63) is 63.1 Å².